The standard InChI is InChI=1S/C16H21BrN2O/c1-19(11-5-3-4-9-17)16-15-12-14(20-2)7-6-13(15)8-10-18-16/h6-8,10,12H,3-5,9,11H2,1-2H3. The number of ether oxygens (including phenoxy) is 1. The lowest BCUT2D eigenvalue weighted by Crippen LogP contribution is -2.20. The minimum absolute atomic E-state index is 0.874. The number of unbranched alkanes of at least 4 members (excludes halogenated alkanes) is 2. The molecule has 0 atom stereocenters. The van der Waals surface area contributed by atoms with Gasteiger partial charge in [-0.25, -0.2) is 4.98 Å². The molecule has 4 heteroatoms. The number of fused-ring (bicyclic) bond motifs is 1. The van der Waals surface area contributed by atoms with Crippen LogP contribution in [0.3, 0.4) is 0 Å². The molecule has 0 aliphatic heterocycles. The van der Waals surface area contributed by atoms with Crippen LogP contribution in [0.1, 0.15) is 19.3 Å². The average molecular weight is 337 g/mol. The maximum Gasteiger partial charge on any atom is 0.136 e. The van der Waals surface area contributed by atoms with Crippen molar-refractivity contribution < 1.29 is 4.74 Å². The fraction of sp³-hybridized carbons (Fsp3) is 0.438. The van der Waals surface area contributed by atoms with Crippen molar-refractivity contribution in [1.29, 1.82) is 0 Å². The van der Waals surface area contributed by atoms with Crippen LogP contribution in [0.2, 0.25) is 0 Å². The normalized spacial score (nSPS) is 10.8. The minimum atomic E-state index is 0.874. The molecule has 1 heterocycles. The Morgan fingerprint density at radius 3 is 2.80 bits per heavy atom. The molecule has 1 aromatic heterocycles. The molecular weight excluding hydrogens is 316 g/mol. The summed E-state index contributed by atoms with van der Waals surface area (Å²) in [5.41, 5.74) is 0. The van der Waals surface area contributed by atoms with E-state index in [-0.39, 0.29) is 0 Å². The maximum atomic E-state index is 5.32. The van der Waals surface area contributed by atoms with Gasteiger partial charge < -0.3 is 9.64 Å². The second kappa shape index (κ2) is 7.48. The number of hydrogen-bond acceptors (Lipinski definition) is 3. The van der Waals surface area contributed by atoms with Gasteiger partial charge in [0.1, 0.15) is 11.6 Å². The van der Waals surface area contributed by atoms with Gasteiger partial charge >= 0.3 is 0 Å². The first-order valence-electron chi connectivity index (χ1n) is 6.96. The highest BCUT2D eigenvalue weighted by atomic mass is 79.9. The van der Waals surface area contributed by atoms with Crippen molar-refractivity contribution in [2.45, 2.75) is 19.3 Å². The van der Waals surface area contributed by atoms with Crippen LogP contribution in [0.4, 0.5) is 5.82 Å². The lowest BCUT2D eigenvalue weighted by atomic mass is 10.1. The van der Waals surface area contributed by atoms with E-state index in [0.717, 1.165) is 28.8 Å². The van der Waals surface area contributed by atoms with E-state index in [1.54, 1.807) is 7.11 Å². The first-order valence-corrected chi connectivity index (χ1v) is 8.08. The SMILES string of the molecule is COc1ccc2ccnc(N(C)CCCCCBr)c2c1. The van der Waals surface area contributed by atoms with Crippen molar-refractivity contribution >= 4 is 32.5 Å². The lowest BCUT2D eigenvalue weighted by Gasteiger charge is -2.20. The average Bonchev–Trinajstić information content (AvgIpc) is 2.50. The fourth-order valence-electron chi connectivity index (χ4n) is 2.29. The highest BCUT2D eigenvalue weighted by Crippen LogP contribution is 2.27. The molecular formula is C16H21BrN2O. The zero-order valence-corrected chi connectivity index (χ0v) is 13.7. The monoisotopic (exact) mass is 336 g/mol. The van der Waals surface area contributed by atoms with Gasteiger partial charge in [0, 0.05) is 30.5 Å². The Hall–Kier alpha value is -1.29. The Kier molecular flexibility index (Phi) is 5.65. The van der Waals surface area contributed by atoms with Gasteiger partial charge in [0.25, 0.3) is 0 Å². The number of pyridine rings is 1. The fourth-order valence-corrected chi connectivity index (χ4v) is 2.69. The smallest absolute Gasteiger partial charge is 0.136 e. The summed E-state index contributed by atoms with van der Waals surface area (Å²) in [6, 6.07) is 8.17. The molecule has 0 unspecified atom stereocenters. The molecule has 0 radical (unpaired) electrons. The van der Waals surface area contributed by atoms with Gasteiger partial charge in [-0.3, -0.25) is 0 Å². The molecule has 0 saturated heterocycles. The van der Waals surface area contributed by atoms with Crippen molar-refractivity contribution in [3.05, 3.63) is 30.5 Å². The van der Waals surface area contributed by atoms with Gasteiger partial charge in [0.15, 0.2) is 0 Å². The van der Waals surface area contributed by atoms with Crippen LogP contribution in [0.5, 0.6) is 5.75 Å². The highest BCUT2D eigenvalue weighted by molar-refractivity contribution is 9.09. The summed E-state index contributed by atoms with van der Waals surface area (Å²) in [6.07, 6.45) is 5.53. The Morgan fingerprint density at radius 2 is 2.05 bits per heavy atom. The summed E-state index contributed by atoms with van der Waals surface area (Å²) in [7, 11) is 3.80. The molecule has 0 fully saturated rings. The van der Waals surface area contributed by atoms with Gasteiger partial charge in [-0.15, -0.1) is 0 Å². The summed E-state index contributed by atoms with van der Waals surface area (Å²) in [4.78, 5) is 6.77. The topological polar surface area (TPSA) is 25.4 Å². The van der Waals surface area contributed by atoms with E-state index >= 15 is 0 Å². The zero-order valence-electron chi connectivity index (χ0n) is 12.1. The molecule has 3 nitrogen and oxygen atoms in total. The summed E-state index contributed by atoms with van der Waals surface area (Å²) in [6.45, 7) is 1.02. The molecule has 2 aromatic rings. The van der Waals surface area contributed by atoms with Crippen molar-refractivity contribution in [1.82, 2.24) is 4.98 Å². The van der Waals surface area contributed by atoms with Gasteiger partial charge in [-0.1, -0.05) is 28.4 Å². The third kappa shape index (κ3) is 3.63. The van der Waals surface area contributed by atoms with Crippen LogP contribution in [0, 0.1) is 0 Å². The number of aromatic nitrogens is 1. The number of rotatable bonds is 7. The largest absolute Gasteiger partial charge is 0.497 e. The molecule has 2 rings (SSSR count). The Morgan fingerprint density at radius 1 is 1.20 bits per heavy atom. The van der Waals surface area contributed by atoms with Crippen molar-refractivity contribution in [3.8, 4) is 5.75 Å². The summed E-state index contributed by atoms with van der Waals surface area (Å²) in [5, 5.41) is 3.43. The van der Waals surface area contributed by atoms with E-state index in [1.807, 2.05) is 18.3 Å². The summed E-state index contributed by atoms with van der Waals surface area (Å²) < 4.78 is 5.32. The van der Waals surface area contributed by atoms with E-state index in [0.29, 0.717) is 0 Å². The molecule has 108 valence electrons. The zero-order chi connectivity index (χ0) is 14.4. The first-order chi connectivity index (χ1) is 9.76. The number of nitrogens with zero attached hydrogens (tertiary/aromatic N) is 2. The van der Waals surface area contributed by atoms with Gasteiger partial charge in [-0.05, 0) is 36.4 Å². The van der Waals surface area contributed by atoms with Crippen LogP contribution < -0.4 is 9.64 Å². The van der Waals surface area contributed by atoms with Gasteiger partial charge in [0.2, 0.25) is 0 Å². The number of alkyl halides is 1. The van der Waals surface area contributed by atoms with E-state index < -0.39 is 0 Å². The van der Waals surface area contributed by atoms with Gasteiger partial charge in [0.05, 0.1) is 7.11 Å². The number of benzene rings is 1. The molecule has 0 bridgehead atoms. The summed E-state index contributed by atoms with van der Waals surface area (Å²) in [5.74, 6) is 1.90. The minimum Gasteiger partial charge on any atom is -0.497 e. The Balaban J connectivity index is 2.19. The second-order valence-corrected chi connectivity index (χ2v) is 5.69. The third-order valence-electron chi connectivity index (χ3n) is 3.44. The van der Waals surface area contributed by atoms with E-state index in [2.05, 4.69) is 45.0 Å². The Labute approximate surface area is 129 Å². The predicted octanol–water partition coefficient (Wildman–Crippen LogP) is 4.24. The predicted molar refractivity (Wildman–Crippen MR) is 89.2 cm³/mol. The molecule has 0 aliphatic rings. The van der Waals surface area contributed by atoms with Gasteiger partial charge in [-0.2, -0.15) is 0 Å². The molecule has 0 N–H and O–H groups in total. The van der Waals surface area contributed by atoms with Crippen LogP contribution >= 0.6 is 15.9 Å². The quantitative estimate of drug-likeness (QED) is 0.558. The van der Waals surface area contributed by atoms with E-state index in [4.69, 9.17) is 4.74 Å². The summed E-state index contributed by atoms with van der Waals surface area (Å²) >= 11 is 3.47. The second-order valence-electron chi connectivity index (χ2n) is 4.89. The molecule has 0 amide bonds. The molecule has 0 spiro atoms. The maximum absolute atomic E-state index is 5.32. The van der Waals surface area contributed by atoms with Crippen molar-refractivity contribution in [2.24, 2.45) is 0 Å². The molecule has 20 heavy (non-hydrogen) atoms. The number of halogens is 1. The number of hydrogen-bond donors (Lipinski definition) is 0. The highest BCUT2D eigenvalue weighted by Gasteiger charge is 2.08. The Bertz CT molecular complexity index is 559. The van der Waals surface area contributed by atoms with Crippen LogP contribution in [0.15, 0.2) is 30.5 Å². The van der Waals surface area contributed by atoms with E-state index in [1.165, 1.54) is 24.6 Å². The first kappa shape index (κ1) is 15.1. The van der Waals surface area contributed by atoms with Crippen molar-refractivity contribution in [2.75, 3.05) is 30.9 Å². The van der Waals surface area contributed by atoms with Crippen LogP contribution in [-0.4, -0.2) is 31.0 Å². The van der Waals surface area contributed by atoms with Crippen molar-refractivity contribution in [3.63, 3.8) is 0 Å². The molecule has 1 aromatic carbocycles. The molecule has 0 saturated carbocycles. The number of methoxy groups -OCH3 is 1. The van der Waals surface area contributed by atoms with Crippen LogP contribution in [0.25, 0.3) is 10.8 Å². The lowest BCUT2D eigenvalue weighted by molar-refractivity contribution is 0.415. The number of anilines is 1. The van der Waals surface area contributed by atoms with Crippen LogP contribution in [-0.2, 0) is 0 Å². The van der Waals surface area contributed by atoms with E-state index in [9.17, 15) is 0 Å². The third-order valence-corrected chi connectivity index (χ3v) is 4.00. The molecule has 0 aliphatic carbocycles.